The van der Waals surface area contributed by atoms with Crippen molar-refractivity contribution in [2.45, 2.75) is 26.3 Å². The number of esters is 1. The van der Waals surface area contributed by atoms with E-state index in [1.165, 1.54) is 5.56 Å². The van der Waals surface area contributed by atoms with Crippen LogP contribution in [-0.4, -0.2) is 27.3 Å². The molecule has 0 aliphatic heterocycles. The molecule has 2 heterocycles. The highest BCUT2D eigenvalue weighted by molar-refractivity contribution is 6.30. The smallest absolute Gasteiger partial charge is 0.359 e. The predicted molar refractivity (Wildman–Crippen MR) is 93.3 cm³/mol. The van der Waals surface area contributed by atoms with Gasteiger partial charge in [0.05, 0.1) is 12.0 Å². The molecule has 0 amide bonds. The maximum Gasteiger partial charge on any atom is 0.359 e. The molecule has 0 bridgehead atoms. The zero-order chi connectivity index (χ0) is 16.9. The van der Waals surface area contributed by atoms with E-state index in [0.717, 1.165) is 23.3 Å². The molecule has 2 aromatic heterocycles. The molecule has 3 rings (SSSR count). The van der Waals surface area contributed by atoms with Crippen LogP contribution in [0.5, 0.6) is 0 Å². The maximum atomic E-state index is 12.1. The van der Waals surface area contributed by atoms with E-state index in [1.54, 1.807) is 23.9 Å². The highest BCUT2D eigenvalue weighted by atomic mass is 35.5. The van der Waals surface area contributed by atoms with Crippen molar-refractivity contribution in [2.75, 3.05) is 6.61 Å². The summed E-state index contributed by atoms with van der Waals surface area (Å²) in [5.74, 6) is -0.410. The number of aromatic nitrogens is 3. The van der Waals surface area contributed by atoms with Crippen molar-refractivity contribution in [3.63, 3.8) is 0 Å². The van der Waals surface area contributed by atoms with Crippen LogP contribution in [0, 0.1) is 0 Å². The molecule has 24 heavy (non-hydrogen) atoms. The molecule has 0 N–H and O–H groups in total. The molecule has 0 spiro atoms. The molecule has 3 aromatic rings. The van der Waals surface area contributed by atoms with Crippen molar-refractivity contribution in [1.82, 2.24) is 14.8 Å². The molecule has 6 heteroatoms. The molecule has 0 unspecified atom stereocenters. The zero-order valence-electron chi connectivity index (χ0n) is 13.4. The van der Waals surface area contributed by atoms with Crippen LogP contribution in [0.1, 0.15) is 29.4 Å². The minimum absolute atomic E-state index is 0.323. The number of benzene rings is 1. The Morgan fingerprint density at radius 1 is 1.25 bits per heavy atom. The Hall–Kier alpha value is -2.40. The zero-order valence-corrected chi connectivity index (χ0v) is 14.2. The lowest BCUT2D eigenvalue weighted by Crippen LogP contribution is -2.08. The van der Waals surface area contributed by atoms with E-state index in [-0.39, 0.29) is 0 Å². The van der Waals surface area contributed by atoms with Crippen LogP contribution in [0.25, 0.3) is 11.0 Å². The van der Waals surface area contributed by atoms with Crippen LogP contribution in [0.2, 0.25) is 5.02 Å². The second-order valence-corrected chi connectivity index (χ2v) is 5.83. The molecule has 0 aliphatic rings. The number of carbonyl (C=O) groups excluding carboxylic acids is 1. The van der Waals surface area contributed by atoms with Gasteiger partial charge in [-0.25, -0.2) is 14.5 Å². The Bertz CT molecular complexity index is 843. The highest BCUT2D eigenvalue weighted by Crippen LogP contribution is 2.18. The van der Waals surface area contributed by atoms with Gasteiger partial charge in [-0.2, -0.15) is 5.10 Å². The van der Waals surface area contributed by atoms with Gasteiger partial charge in [0.15, 0.2) is 11.3 Å². The second kappa shape index (κ2) is 7.45. The molecule has 0 saturated heterocycles. The van der Waals surface area contributed by atoms with Crippen molar-refractivity contribution in [3.8, 4) is 0 Å². The topological polar surface area (TPSA) is 57.0 Å². The summed E-state index contributed by atoms with van der Waals surface area (Å²) in [7, 11) is 0. The molecule has 0 atom stereocenters. The van der Waals surface area contributed by atoms with Crippen molar-refractivity contribution in [2.24, 2.45) is 0 Å². The normalized spacial score (nSPS) is 10.9. The van der Waals surface area contributed by atoms with Crippen LogP contribution in [0.4, 0.5) is 0 Å². The number of fused-ring (bicyclic) bond motifs is 1. The summed E-state index contributed by atoms with van der Waals surface area (Å²) in [5.41, 5.74) is 2.25. The number of aryl methyl sites for hydroxylation is 2. The third-order valence-electron chi connectivity index (χ3n) is 3.72. The molecule has 0 aliphatic carbocycles. The van der Waals surface area contributed by atoms with E-state index in [4.69, 9.17) is 16.3 Å². The van der Waals surface area contributed by atoms with Crippen LogP contribution >= 0.6 is 11.6 Å². The quantitative estimate of drug-likeness (QED) is 0.637. The van der Waals surface area contributed by atoms with E-state index in [0.29, 0.717) is 24.5 Å². The Morgan fingerprint density at radius 2 is 2.04 bits per heavy atom. The summed E-state index contributed by atoms with van der Waals surface area (Å²) >= 11 is 5.90. The van der Waals surface area contributed by atoms with Gasteiger partial charge in [0.1, 0.15) is 0 Å². The molecular weight excluding hydrogens is 326 g/mol. The standard InChI is InChI=1S/C18H18ClN3O2/c1-2-24-18(23)16-15-6-3-11-20-17(15)22(21-16)12-4-5-13-7-9-14(19)10-8-13/h3,6-11H,2,4-5,12H2,1H3. The monoisotopic (exact) mass is 343 g/mol. The Kier molecular flexibility index (Phi) is 5.11. The Balaban J connectivity index is 1.76. The number of pyridine rings is 1. The third kappa shape index (κ3) is 3.57. The minimum atomic E-state index is -0.410. The highest BCUT2D eigenvalue weighted by Gasteiger charge is 2.18. The van der Waals surface area contributed by atoms with Crippen LogP contribution in [-0.2, 0) is 17.7 Å². The summed E-state index contributed by atoms with van der Waals surface area (Å²) in [6, 6.07) is 11.5. The fourth-order valence-electron chi connectivity index (χ4n) is 2.60. The third-order valence-corrected chi connectivity index (χ3v) is 3.98. The Morgan fingerprint density at radius 3 is 2.79 bits per heavy atom. The summed E-state index contributed by atoms with van der Waals surface area (Å²) in [4.78, 5) is 16.4. The van der Waals surface area contributed by atoms with Gasteiger partial charge >= 0.3 is 5.97 Å². The van der Waals surface area contributed by atoms with Crippen LogP contribution in [0.15, 0.2) is 42.6 Å². The van der Waals surface area contributed by atoms with E-state index in [2.05, 4.69) is 10.1 Å². The van der Waals surface area contributed by atoms with Gasteiger partial charge in [-0.1, -0.05) is 23.7 Å². The van der Waals surface area contributed by atoms with Crippen molar-refractivity contribution < 1.29 is 9.53 Å². The largest absolute Gasteiger partial charge is 0.461 e. The maximum absolute atomic E-state index is 12.1. The number of carbonyl (C=O) groups is 1. The lowest BCUT2D eigenvalue weighted by atomic mass is 10.1. The number of halogens is 1. The number of ether oxygens (including phenoxy) is 1. The number of rotatable bonds is 6. The van der Waals surface area contributed by atoms with Crippen LogP contribution < -0.4 is 0 Å². The molecule has 1 aromatic carbocycles. The van der Waals surface area contributed by atoms with Crippen molar-refractivity contribution in [3.05, 3.63) is 58.9 Å². The lowest BCUT2D eigenvalue weighted by molar-refractivity contribution is 0.0520. The lowest BCUT2D eigenvalue weighted by Gasteiger charge is -2.03. The molecule has 0 radical (unpaired) electrons. The van der Waals surface area contributed by atoms with Gasteiger partial charge in [-0.3, -0.25) is 0 Å². The summed E-state index contributed by atoms with van der Waals surface area (Å²) in [6.45, 7) is 2.78. The minimum Gasteiger partial charge on any atom is -0.461 e. The first-order valence-corrected chi connectivity index (χ1v) is 8.30. The number of nitrogens with zero attached hydrogens (tertiary/aromatic N) is 3. The first kappa shape index (κ1) is 16.5. The second-order valence-electron chi connectivity index (χ2n) is 5.40. The van der Waals surface area contributed by atoms with Crippen molar-refractivity contribution in [1.29, 1.82) is 0 Å². The van der Waals surface area contributed by atoms with Gasteiger partial charge in [0.2, 0.25) is 0 Å². The number of hydrogen-bond donors (Lipinski definition) is 0. The fraction of sp³-hybridized carbons (Fsp3) is 0.278. The number of hydrogen-bond acceptors (Lipinski definition) is 4. The predicted octanol–water partition coefficient (Wildman–Crippen LogP) is 3.89. The fourth-order valence-corrected chi connectivity index (χ4v) is 2.73. The van der Waals surface area contributed by atoms with Gasteiger partial charge in [0.25, 0.3) is 0 Å². The molecular formula is C18H18ClN3O2. The van der Waals surface area contributed by atoms with E-state index >= 15 is 0 Å². The van der Waals surface area contributed by atoms with Gasteiger partial charge in [-0.05, 0) is 49.6 Å². The average Bonchev–Trinajstić information content (AvgIpc) is 2.96. The SMILES string of the molecule is CCOC(=O)c1nn(CCCc2ccc(Cl)cc2)c2ncccc12. The molecule has 124 valence electrons. The van der Waals surface area contributed by atoms with E-state index in [1.807, 2.05) is 30.3 Å². The van der Waals surface area contributed by atoms with E-state index in [9.17, 15) is 4.79 Å². The first-order chi connectivity index (χ1) is 11.7. The van der Waals surface area contributed by atoms with Gasteiger partial charge in [-0.15, -0.1) is 0 Å². The van der Waals surface area contributed by atoms with Gasteiger partial charge < -0.3 is 4.74 Å². The Labute approximate surface area is 145 Å². The van der Waals surface area contributed by atoms with E-state index < -0.39 is 5.97 Å². The van der Waals surface area contributed by atoms with Crippen LogP contribution in [0.3, 0.4) is 0 Å². The van der Waals surface area contributed by atoms with Gasteiger partial charge in [0, 0.05) is 17.8 Å². The first-order valence-electron chi connectivity index (χ1n) is 7.92. The average molecular weight is 344 g/mol. The molecule has 0 fully saturated rings. The summed E-state index contributed by atoms with van der Waals surface area (Å²) in [5, 5.41) is 5.87. The molecule has 5 nitrogen and oxygen atoms in total. The summed E-state index contributed by atoms with van der Waals surface area (Å²) < 4.78 is 6.85. The molecule has 0 saturated carbocycles. The van der Waals surface area contributed by atoms with Crippen molar-refractivity contribution >= 4 is 28.6 Å². The summed E-state index contributed by atoms with van der Waals surface area (Å²) in [6.07, 6.45) is 3.49.